The fourth-order valence-corrected chi connectivity index (χ4v) is 2.41. The van der Waals surface area contributed by atoms with E-state index in [2.05, 4.69) is 40.8 Å². The minimum Gasteiger partial charge on any atom is -0.383 e. The zero-order valence-corrected chi connectivity index (χ0v) is 11.2. The number of rotatable bonds is 3. The van der Waals surface area contributed by atoms with Crippen LogP contribution in [0.25, 0.3) is 5.65 Å². The predicted octanol–water partition coefficient (Wildman–Crippen LogP) is 3.33. The third-order valence-electron chi connectivity index (χ3n) is 2.75. The summed E-state index contributed by atoms with van der Waals surface area (Å²) in [7, 11) is 0. The van der Waals surface area contributed by atoms with Crippen molar-refractivity contribution >= 4 is 27.4 Å². The maximum Gasteiger partial charge on any atom is 0.141 e. The van der Waals surface area contributed by atoms with Gasteiger partial charge in [-0.1, -0.05) is 13.3 Å². The lowest BCUT2D eigenvalue weighted by atomic mass is 10.2. The summed E-state index contributed by atoms with van der Waals surface area (Å²) in [6.07, 6.45) is 5.23. The van der Waals surface area contributed by atoms with Gasteiger partial charge in [0, 0.05) is 10.7 Å². The van der Waals surface area contributed by atoms with Crippen molar-refractivity contribution < 1.29 is 0 Å². The second-order valence-electron chi connectivity index (χ2n) is 4.08. The Morgan fingerprint density at radius 2 is 2.25 bits per heavy atom. The van der Waals surface area contributed by atoms with Gasteiger partial charge in [0.25, 0.3) is 0 Å². The number of nitrogen functional groups attached to an aromatic ring is 1. The molecule has 2 N–H and O–H groups in total. The van der Waals surface area contributed by atoms with E-state index in [9.17, 15) is 0 Å². The van der Waals surface area contributed by atoms with Gasteiger partial charge in [-0.05, 0) is 47.3 Å². The summed E-state index contributed by atoms with van der Waals surface area (Å²) in [5.41, 5.74) is 9.22. The molecule has 2 aromatic heterocycles. The molecule has 0 bridgehead atoms. The molecule has 86 valence electrons. The van der Waals surface area contributed by atoms with Gasteiger partial charge < -0.3 is 5.73 Å². The molecule has 3 nitrogen and oxygen atoms in total. The molecule has 2 heterocycles. The molecule has 0 unspecified atom stereocenters. The maximum atomic E-state index is 6.10. The van der Waals surface area contributed by atoms with Gasteiger partial charge in [0.05, 0.1) is 5.69 Å². The van der Waals surface area contributed by atoms with Crippen molar-refractivity contribution in [2.24, 2.45) is 0 Å². The molecular formula is C12H16BrN3. The highest BCUT2D eigenvalue weighted by molar-refractivity contribution is 9.10. The van der Waals surface area contributed by atoms with Crippen molar-refractivity contribution in [3.8, 4) is 0 Å². The summed E-state index contributed by atoms with van der Waals surface area (Å²) in [5, 5.41) is 0. The third kappa shape index (κ3) is 1.94. The van der Waals surface area contributed by atoms with Crippen molar-refractivity contribution in [2.45, 2.75) is 33.1 Å². The molecule has 16 heavy (non-hydrogen) atoms. The molecule has 4 heteroatoms. The van der Waals surface area contributed by atoms with E-state index < -0.39 is 0 Å². The van der Waals surface area contributed by atoms with Gasteiger partial charge in [0.2, 0.25) is 0 Å². The fraction of sp³-hybridized carbons (Fsp3) is 0.417. The molecule has 2 aromatic rings. The largest absolute Gasteiger partial charge is 0.383 e. The molecule has 0 aliphatic rings. The smallest absolute Gasteiger partial charge is 0.141 e. The Morgan fingerprint density at radius 1 is 1.50 bits per heavy atom. The number of anilines is 1. The van der Waals surface area contributed by atoms with E-state index in [0.29, 0.717) is 0 Å². The van der Waals surface area contributed by atoms with Crippen molar-refractivity contribution in [3.05, 3.63) is 28.0 Å². The van der Waals surface area contributed by atoms with Crippen LogP contribution in [0.15, 0.2) is 16.7 Å². The lowest BCUT2D eigenvalue weighted by molar-refractivity contribution is 0.783. The minimum absolute atomic E-state index is 0.771. The molecule has 0 fully saturated rings. The normalized spacial score (nSPS) is 11.2. The van der Waals surface area contributed by atoms with E-state index in [1.807, 2.05) is 10.6 Å². The standard InChI is InChI=1S/C12H16BrN3/c1-3-4-5-10-11(14)16-7-9(13)6-8(2)12(16)15-10/h6-7H,3-5,14H2,1-2H3. The van der Waals surface area contributed by atoms with E-state index in [1.54, 1.807) is 0 Å². The molecular weight excluding hydrogens is 266 g/mol. The van der Waals surface area contributed by atoms with Crippen LogP contribution >= 0.6 is 15.9 Å². The quantitative estimate of drug-likeness (QED) is 0.938. The predicted molar refractivity (Wildman–Crippen MR) is 70.7 cm³/mol. The van der Waals surface area contributed by atoms with Crippen LogP contribution in [-0.4, -0.2) is 9.38 Å². The lowest BCUT2D eigenvalue weighted by Gasteiger charge is -2.00. The summed E-state index contributed by atoms with van der Waals surface area (Å²) in [4.78, 5) is 4.61. The van der Waals surface area contributed by atoms with Gasteiger partial charge in [-0.15, -0.1) is 0 Å². The third-order valence-corrected chi connectivity index (χ3v) is 3.18. The van der Waals surface area contributed by atoms with E-state index >= 15 is 0 Å². The van der Waals surface area contributed by atoms with E-state index in [0.717, 1.165) is 46.5 Å². The summed E-state index contributed by atoms with van der Waals surface area (Å²) in [6, 6.07) is 2.06. The SMILES string of the molecule is CCCCc1nc2c(C)cc(Br)cn2c1N. The van der Waals surface area contributed by atoms with Gasteiger partial charge in [0.15, 0.2) is 0 Å². The van der Waals surface area contributed by atoms with Gasteiger partial charge in [-0.2, -0.15) is 0 Å². The van der Waals surface area contributed by atoms with Crippen molar-refractivity contribution in [1.82, 2.24) is 9.38 Å². The summed E-state index contributed by atoms with van der Waals surface area (Å²) >= 11 is 3.48. The number of hydrogen-bond donors (Lipinski definition) is 1. The number of pyridine rings is 1. The highest BCUT2D eigenvalue weighted by Crippen LogP contribution is 2.22. The first kappa shape index (κ1) is 11.5. The summed E-state index contributed by atoms with van der Waals surface area (Å²) in [5.74, 6) is 0.771. The molecule has 0 radical (unpaired) electrons. The molecule has 0 aliphatic carbocycles. The fourth-order valence-electron chi connectivity index (χ4n) is 1.86. The lowest BCUT2D eigenvalue weighted by Crippen LogP contribution is -1.97. The molecule has 2 rings (SSSR count). The number of halogens is 1. The number of hydrogen-bond acceptors (Lipinski definition) is 2. The van der Waals surface area contributed by atoms with Crippen LogP contribution in [0.1, 0.15) is 31.0 Å². The van der Waals surface area contributed by atoms with Crippen LogP contribution in [0.4, 0.5) is 5.82 Å². The minimum atomic E-state index is 0.771. The van der Waals surface area contributed by atoms with Crippen molar-refractivity contribution in [2.75, 3.05) is 5.73 Å². The number of aryl methyl sites for hydroxylation is 2. The maximum absolute atomic E-state index is 6.10. The van der Waals surface area contributed by atoms with E-state index in [1.165, 1.54) is 0 Å². The molecule has 0 spiro atoms. The monoisotopic (exact) mass is 281 g/mol. The highest BCUT2D eigenvalue weighted by atomic mass is 79.9. The molecule has 0 aliphatic heterocycles. The number of nitrogens with two attached hydrogens (primary N) is 1. The van der Waals surface area contributed by atoms with E-state index in [-0.39, 0.29) is 0 Å². The van der Waals surface area contributed by atoms with Crippen LogP contribution in [0.3, 0.4) is 0 Å². The van der Waals surface area contributed by atoms with Crippen LogP contribution in [0, 0.1) is 6.92 Å². The Labute approximate surface area is 104 Å². The number of imidazole rings is 1. The topological polar surface area (TPSA) is 43.3 Å². The second kappa shape index (κ2) is 4.45. The number of aromatic nitrogens is 2. The second-order valence-corrected chi connectivity index (χ2v) is 5.00. The van der Waals surface area contributed by atoms with Gasteiger partial charge in [0.1, 0.15) is 11.5 Å². The Balaban J connectivity index is 2.54. The molecule has 0 saturated carbocycles. The Bertz CT molecular complexity index is 516. The van der Waals surface area contributed by atoms with Crippen LogP contribution in [-0.2, 0) is 6.42 Å². The highest BCUT2D eigenvalue weighted by Gasteiger charge is 2.10. The zero-order valence-electron chi connectivity index (χ0n) is 9.63. The summed E-state index contributed by atoms with van der Waals surface area (Å²) < 4.78 is 2.99. The first-order valence-electron chi connectivity index (χ1n) is 5.56. The Hall–Kier alpha value is -1.03. The number of fused-ring (bicyclic) bond motifs is 1. The molecule has 0 atom stereocenters. The number of nitrogens with zero attached hydrogens (tertiary/aromatic N) is 2. The average Bonchev–Trinajstić information content (AvgIpc) is 2.54. The molecule has 0 amide bonds. The van der Waals surface area contributed by atoms with Crippen molar-refractivity contribution in [1.29, 1.82) is 0 Å². The van der Waals surface area contributed by atoms with E-state index in [4.69, 9.17) is 5.73 Å². The van der Waals surface area contributed by atoms with Gasteiger partial charge in [-0.3, -0.25) is 4.40 Å². The van der Waals surface area contributed by atoms with Crippen LogP contribution in [0.5, 0.6) is 0 Å². The average molecular weight is 282 g/mol. The Morgan fingerprint density at radius 3 is 2.94 bits per heavy atom. The van der Waals surface area contributed by atoms with Gasteiger partial charge in [-0.25, -0.2) is 4.98 Å². The first-order valence-corrected chi connectivity index (χ1v) is 6.35. The molecule has 0 aromatic carbocycles. The van der Waals surface area contributed by atoms with Gasteiger partial charge >= 0.3 is 0 Å². The Kier molecular flexibility index (Phi) is 3.19. The van der Waals surface area contributed by atoms with Crippen molar-refractivity contribution in [3.63, 3.8) is 0 Å². The molecule has 0 saturated heterocycles. The number of unbranched alkanes of at least 4 members (excludes halogenated alkanes) is 1. The summed E-state index contributed by atoms with van der Waals surface area (Å²) in [6.45, 7) is 4.23. The van der Waals surface area contributed by atoms with Crippen LogP contribution in [0.2, 0.25) is 0 Å². The zero-order chi connectivity index (χ0) is 11.7. The van der Waals surface area contributed by atoms with Crippen LogP contribution < -0.4 is 5.73 Å². The first-order chi connectivity index (χ1) is 7.63.